The van der Waals surface area contributed by atoms with Crippen LogP contribution in [-0.4, -0.2) is 75.6 Å². The minimum Gasteiger partial charge on any atom is -0.457 e. The van der Waals surface area contributed by atoms with Crippen molar-refractivity contribution in [1.82, 2.24) is 0 Å². The largest absolute Gasteiger partial charge is 0.472 e. The molecular formula is C54H99NO7P+. The third kappa shape index (κ3) is 50.8. The Morgan fingerprint density at radius 2 is 0.921 bits per heavy atom. The fourth-order valence-corrected chi connectivity index (χ4v) is 7.55. The molecule has 0 bridgehead atoms. The molecule has 0 saturated heterocycles. The molecule has 0 aliphatic rings. The van der Waals surface area contributed by atoms with Crippen LogP contribution >= 0.6 is 7.82 Å². The molecule has 0 rings (SSSR count). The first-order valence-corrected chi connectivity index (χ1v) is 27.2. The van der Waals surface area contributed by atoms with Crippen molar-refractivity contribution in [3.05, 3.63) is 72.9 Å². The van der Waals surface area contributed by atoms with Crippen molar-refractivity contribution in [2.45, 2.75) is 213 Å². The van der Waals surface area contributed by atoms with Crippen molar-refractivity contribution in [2.24, 2.45) is 0 Å². The highest BCUT2D eigenvalue weighted by atomic mass is 31.2. The van der Waals surface area contributed by atoms with E-state index < -0.39 is 13.9 Å². The fraction of sp³-hybridized carbons (Fsp3) is 0.759. The Kier molecular flexibility index (Phi) is 44.9. The van der Waals surface area contributed by atoms with E-state index >= 15 is 0 Å². The number of rotatable bonds is 47. The number of unbranched alkanes of at least 4 members (excludes halogenated alkanes) is 21. The van der Waals surface area contributed by atoms with Crippen LogP contribution < -0.4 is 0 Å². The molecule has 0 amide bonds. The number of quaternary nitrogens is 1. The number of carbonyl (C=O) groups is 1. The van der Waals surface area contributed by atoms with E-state index in [-0.39, 0.29) is 25.8 Å². The third-order valence-electron chi connectivity index (χ3n) is 10.8. The Bertz CT molecular complexity index is 1230. The fourth-order valence-electron chi connectivity index (χ4n) is 6.81. The molecule has 0 aliphatic heterocycles. The zero-order valence-electron chi connectivity index (χ0n) is 41.5. The first-order valence-electron chi connectivity index (χ1n) is 25.7. The number of nitrogens with zero attached hydrogens (tertiary/aromatic N) is 1. The predicted octanol–water partition coefficient (Wildman–Crippen LogP) is 15.8. The number of phosphoric acid groups is 1. The van der Waals surface area contributed by atoms with Crippen LogP contribution in [0.3, 0.4) is 0 Å². The van der Waals surface area contributed by atoms with E-state index in [0.717, 1.165) is 77.0 Å². The lowest BCUT2D eigenvalue weighted by Gasteiger charge is -2.24. The molecule has 2 atom stereocenters. The first-order chi connectivity index (χ1) is 30.6. The van der Waals surface area contributed by atoms with Gasteiger partial charge in [0, 0.05) is 13.0 Å². The Hall–Kier alpha value is -2.06. The van der Waals surface area contributed by atoms with Crippen LogP contribution in [-0.2, 0) is 27.9 Å². The molecule has 2 unspecified atom stereocenters. The number of likely N-dealkylation sites (N-methyl/N-ethyl adjacent to an activating group) is 1. The van der Waals surface area contributed by atoms with Gasteiger partial charge in [-0.3, -0.25) is 13.8 Å². The minimum atomic E-state index is -4.29. The standard InChI is InChI=1S/C54H98NO7P/c1-6-8-10-12-14-16-18-20-22-24-26-27-28-29-30-31-33-35-37-39-41-43-45-47-54(56)62-53(52-61-63(57,58)60-50-48-55(3,4)5)51-59-49-46-44-42-40-38-36-34-32-25-23-21-19-17-15-13-11-9-7-2/h9,11,15,17-18,20-21,23-24,26,32,34,53H,6-8,10,12-14,16,19,22,25,27-31,33,35-52H2,1-5H3/p+1/b11-9-,17-15-,20-18-,23-21-,26-24-,34-32-. The molecule has 0 aromatic heterocycles. The van der Waals surface area contributed by atoms with E-state index in [1.54, 1.807) is 0 Å². The molecule has 366 valence electrons. The molecule has 0 aliphatic carbocycles. The predicted molar refractivity (Wildman–Crippen MR) is 270 cm³/mol. The maximum Gasteiger partial charge on any atom is 0.472 e. The molecule has 0 spiro atoms. The van der Waals surface area contributed by atoms with Crippen molar-refractivity contribution in [3.8, 4) is 0 Å². The maximum atomic E-state index is 12.8. The molecule has 8 nitrogen and oxygen atoms in total. The summed E-state index contributed by atoms with van der Waals surface area (Å²) in [7, 11) is 1.65. The van der Waals surface area contributed by atoms with Gasteiger partial charge in [-0.25, -0.2) is 4.57 Å². The highest BCUT2D eigenvalue weighted by Gasteiger charge is 2.26. The van der Waals surface area contributed by atoms with Crippen LogP contribution in [0.15, 0.2) is 72.9 Å². The maximum absolute atomic E-state index is 12.8. The second-order valence-electron chi connectivity index (χ2n) is 18.2. The summed E-state index contributed by atoms with van der Waals surface area (Å²) in [5, 5.41) is 0. The SMILES string of the molecule is CC/C=C\C/C=C\C/C=C\C/C=C\CCCCCCCOCC(COP(=O)(O)OCC[N+](C)(C)C)OC(=O)CCCCCCCCCCCCC/C=C\C/C=C\CCCCCCC. The average molecular weight is 905 g/mol. The van der Waals surface area contributed by atoms with Gasteiger partial charge in [-0.2, -0.15) is 0 Å². The molecule has 0 aromatic carbocycles. The van der Waals surface area contributed by atoms with Gasteiger partial charge in [0.2, 0.25) is 0 Å². The Morgan fingerprint density at radius 1 is 0.508 bits per heavy atom. The van der Waals surface area contributed by atoms with Gasteiger partial charge in [0.05, 0.1) is 34.4 Å². The van der Waals surface area contributed by atoms with E-state index in [1.807, 2.05) is 21.1 Å². The molecule has 9 heteroatoms. The van der Waals surface area contributed by atoms with E-state index in [0.29, 0.717) is 24.1 Å². The van der Waals surface area contributed by atoms with Crippen LogP contribution in [0.25, 0.3) is 0 Å². The van der Waals surface area contributed by atoms with Crippen molar-refractivity contribution < 1.29 is 37.3 Å². The summed E-state index contributed by atoms with van der Waals surface area (Å²) < 4.78 is 35.1. The monoisotopic (exact) mass is 905 g/mol. The van der Waals surface area contributed by atoms with Crippen LogP contribution in [0.2, 0.25) is 0 Å². The lowest BCUT2D eigenvalue weighted by Crippen LogP contribution is -2.37. The van der Waals surface area contributed by atoms with Gasteiger partial charge < -0.3 is 18.9 Å². The smallest absolute Gasteiger partial charge is 0.457 e. The molecule has 63 heavy (non-hydrogen) atoms. The van der Waals surface area contributed by atoms with Crippen LogP contribution in [0, 0.1) is 0 Å². The van der Waals surface area contributed by atoms with Gasteiger partial charge in [-0.05, 0) is 83.5 Å². The summed E-state index contributed by atoms with van der Waals surface area (Å²) in [6.45, 7) is 5.46. The van der Waals surface area contributed by atoms with Crippen molar-refractivity contribution >= 4 is 13.8 Å². The molecule has 0 fully saturated rings. The molecule has 0 heterocycles. The molecule has 0 aromatic rings. The highest BCUT2D eigenvalue weighted by Crippen LogP contribution is 2.43. The summed E-state index contributed by atoms with van der Waals surface area (Å²) in [5.41, 5.74) is 0. The number of esters is 1. The Balaban J connectivity index is 4.18. The van der Waals surface area contributed by atoms with Gasteiger partial charge in [-0.1, -0.05) is 189 Å². The zero-order valence-corrected chi connectivity index (χ0v) is 42.4. The highest BCUT2D eigenvalue weighted by molar-refractivity contribution is 7.47. The normalized spacial score (nSPS) is 14.2. The van der Waals surface area contributed by atoms with E-state index in [1.165, 1.54) is 109 Å². The Labute approximate surface area is 389 Å². The number of carbonyl (C=O) groups excluding carboxylic acids is 1. The van der Waals surface area contributed by atoms with Gasteiger partial charge in [-0.15, -0.1) is 0 Å². The first kappa shape index (κ1) is 60.9. The second-order valence-corrected chi connectivity index (χ2v) is 19.6. The molecule has 1 N–H and O–H groups in total. The van der Waals surface area contributed by atoms with Gasteiger partial charge in [0.15, 0.2) is 0 Å². The molecule has 0 saturated carbocycles. The van der Waals surface area contributed by atoms with E-state index in [9.17, 15) is 14.3 Å². The summed E-state index contributed by atoms with van der Waals surface area (Å²) in [5.74, 6) is -0.324. The molecular weight excluding hydrogens is 806 g/mol. The quantitative estimate of drug-likeness (QED) is 0.0214. The van der Waals surface area contributed by atoms with E-state index in [4.69, 9.17) is 18.5 Å². The van der Waals surface area contributed by atoms with Crippen LogP contribution in [0.5, 0.6) is 0 Å². The lowest BCUT2D eigenvalue weighted by atomic mass is 10.0. The van der Waals surface area contributed by atoms with Crippen LogP contribution in [0.1, 0.15) is 206 Å². The zero-order chi connectivity index (χ0) is 46.2. The van der Waals surface area contributed by atoms with Crippen LogP contribution in [0.4, 0.5) is 0 Å². The summed E-state index contributed by atoms with van der Waals surface area (Å²) in [6, 6.07) is 0. The Morgan fingerprint density at radius 3 is 1.38 bits per heavy atom. The van der Waals surface area contributed by atoms with Crippen molar-refractivity contribution in [3.63, 3.8) is 0 Å². The summed E-state index contributed by atoms with van der Waals surface area (Å²) in [4.78, 5) is 23.0. The number of allylic oxidation sites excluding steroid dienone is 12. The third-order valence-corrected chi connectivity index (χ3v) is 11.7. The van der Waals surface area contributed by atoms with Crippen molar-refractivity contribution in [1.29, 1.82) is 0 Å². The van der Waals surface area contributed by atoms with Crippen molar-refractivity contribution in [2.75, 3.05) is 54.1 Å². The van der Waals surface area contributed by atoms with E-state index in [2.05, 4.69) is 86.8 Å². The topological polar surface area (TPSA) is 91.3 Å². The summed E-state index contributed by atoms with van der Waals surface area (Å²) >= 11 is 0. The summed E-state index contributed by atoms with van der Waals surface area (Å²) in [6.07, 6.45) is 60.9. The second kappa shape index (κ2) is 46.5. The van der Waals surface area contributed by atoms with Gasteiger partial charge in [0.25, 0.3) is 0 Å². The van der Waals surface area contributed by atoms with Gasteiger partial charge >= 0.3 is 13.8 Å². The van der Waals surface area contributed by atoms with Gasteiger partial charge in [0.1, 0.15) is 19.3 Å². The number of ether oxygens (including phenoxy) is 2. The number of hydrogen-bond donors (Lipinski definition) is 1. The average Bonchev–Trinajstić information content (AvgIpc) is 3.24. The number of hydrogen-bond acceptors (Lipinski definition) is 6. The lowest BCUT2D eigenvalue weighted by molar-refractivity contribution is -0.870. The molecule has 0 radical (unpaired) electrons. The number of phosphoric ester groups is 1. The minimum absolute atomic E-state index is 0.0810.